The van der Waals surface area contributed by atoms with Crippen LogP contribution in [-0.2, 0) is 11.3 Å². The van der Waals surface area contributed by atoms with Gasteiger partial charge in [-0.15, -0.1) is 0 Å². The molecular formula is C27H26F2N6O. The Morgan fingerprint density at radius 1 is 0.833 bits per heavy atom. The highest BCUT2D eigenvalue weighted by Crippen LogP contribution is 2.24. The molecule has 184 valence electrons. The summed E-state index contributed by atoms with van der Waals surface area (Å²) in [4.78, 5) is 10.6. The summed E-state index contributed by atoms with van der Waals surface area (Å²) >= 11 is 0. The van der Waals surface area contributed by atoms with Crippen LogP contribution in [0.3, 0.4) is 0 Å². The molecule has 0 amide bonds. The Labute approximate surface area is 208 Å². The Morgan fingerprint density at radius 3 is 2.42 bits per heavy atom. The summed E-state index contributed by atoms with van der Waals surface area (Å²) in [6, 6.07) is 21.7. The van der Waals surface area contributed by atoms with Crippen LogP contribution in [0.25, 0.3) is 0 Å². The van der Waals surface area contributed by atoms with Gasteiger partial charge in [0.1, 0.15) is 5.82 Å². The fourth-order valence-electron chi connectivity index (χ4n) is 3.92. The maximum absolute atomic E-state index is 14.5. The molecule has 0 spiro atoms. The van der Waals surface area contributed by atoms with Crippen molar-refractivity contribution in [2.45, 2.75) is 6.54 Å². The lowest BCUT2D eigenvalue weighted by atomic mass is 10.2. The first kappa shape index (κ1) is 23.5. The summed E-state index contributed by atoms with van der Waals surface area (Å²) in [5, 5.41) is 9.39. The molecular weight excluding hydrogens is 462 g/mol. The minimum atomic E-state index is -0.568. The molecule has 0 radical (unpaired) electrons. The molecule has 0 aliphatic carbocycles. The summed E-state index contributed by atoms with van der Waals surface area (Å²) in [5.74, 6) is -0.513. The van der Waals surface area contributed by atoms with Crippen LogP contribution in [0.15, 0.2) is 79.0 Å². The molecule has 0 saturated carbocycles. The number of halogens is 2. The fraction of sp³-hybridized carbons (Fsp3) is 0.185. The van der Waals surface area contributed by atoms with Crippen LogP contribution >= 0.6 is 0 Å². The molecule has 1 fully saturated rings. The van der Waals surface area contributed by atoms with Crippen LogP contribution in [0.4, 0.5) is 43.3 Å². The summed E-state index contributed by atoms with van der Waals surface area (Å²) in [6.07, 6.45) is 1.13. The highest BCUT2D eigenvalue weighted by atomic mass is 19.1. The minimum Gasteiger partial charge on any atom is -0.381 e. The lowest BCUT2D eigenvalue weighted by molar-refractivity contribution is 0.122. The Hall–Kier alpha value is -4.24. The molecule has 36 heavy (non-hydrogen) atoms. The number of nitrogens with zero attached hydrogens (tertiary/aromatic N) is 3. The first-order chi connectivity index (χ1) is 17.6. The zero-order valence-electron chi connectivity index (χ0n) is 19.5. The van der Waals surface area contributed by atoms with E-state index in [-0.39, 0.29) is 17.6 Å². The maximum Gasteiger partial charge on any atom is 0.229 e. The molecule has 1 aliphatic rings. The monoisotopic (exact) mass is 488 g/mol. The summed E-state index contributed by atoms with van der Waals surface area (Å²) < 4.78 is 33.3. The smallest absolute Gasteiger partial charge is 0.229 e. The number of rotatable bonds is 8. The molecule has 5 rings (SSSR count). The van der Waals surface area contributed by atoms with Gasteiger partial charge < -0.3 is 25.6 Å². The summed E-state index contributed by atoms with van der Waals surface area (Å²) in [6.45, 7) is 3.65. The van der Waals surface area contributed by atoms with Gasteiger partial charge in [-0.25, -0.2) is 13.8 Å². The highest BCUT2D eigenvalue weighted by molar-refractivity contribution is 5.65. The third-order valence-corrected chi connectivity index (χ3v) is 5.75. The molecule has 0 bridgehead atoms. The van der Waals surface area contributed by atoms with Crippen molar-refractivity contribution in [1.29, 1.82) is 0 Å². The fourth-order valence-corrected chi connectivity index (χ4v) is 3.92. The second kappa shape index (κ2) is 11.0. The third kappa shape index (κ3) is 6.05. The molecule has 7 nitrogen and oxygen atoms in total. The van der Waals surface area contributed by atoms with Gasteiger partial charge >= 0.3 is 0 Å². The van der Waals surface area contributed by atoms with Crippen molar-refractivity contribution in [3.8, 4) is 0 Å². The Kier molecular flexibility index (Phi) is 7.18. The van der Waals surface area contributed by atoms with Crippen molar-refractivity contribution in [2.24, 2.45) is 0 Å². The molecule has 3 N–H and O–H groups in total. The van der Waals surface area contributed by atoms with E-state index in [1.165, 1.54) is 12.1 Å². The number of aromatic nitrogens is 2. The van der Waals surface area contributed by atoms with E-state index in [1.807, 2.05) is 54.6 Å². The van der Waals surface area contributed by atoms with Gasteiger partial charge in [-0.3, -0.25) is 0 Å². The standard InChI is InChI=1S/C27H26F2N6O/c28-20-4-1-3-19(15-20)17-30-22-5-2-6-23(16-22)32-26-25(29)18-31-27(34-26)33-21-7-9-24(10-8-21)35-11-13-36-14-12-35/h1-10,15-16,18,30H,11-14,17H2,(H2,31,32,33,34). The van der Waals surface area contributed by atoms with Gasteiger partial charge in [0.2, 0.25) is 5.95 Å². The normalized spacial score (nSPS) is 13.3. The second-order valence-electron chi connectivity index (χ2n) is 8.35. The van der Waals surface area contributed by atoms with E-state index in [0.29, 0.717) is 12.2 Å². The van der Waals surface area contributed by atoms with E-state index in [2.05, 4.69) is 30.8 Å². The molecule has 1 aliphatic heterocycles. The number of ether oxygens (including phenoxy) is 1. The van der Waals surface area contributed by atoms with Crippen LogP contribution < -0.4 is 20.9 Å². The van der Waals surface area contributed by atoms with E-state index in [0.717, 1.165) is 55.1 Å². The predicted octanol–water partition coefficient (Wildman–Crippen LogP) is 5.69. The predicted molar refractivity (Wildman–Crippen MR) is 138 cm³/mol. The zero-order valence-corrected chi connectivity index (χ0v) is 19.5. The molecule has 4 aromatic rings. The number of benzene rings is 3. The number of morpholine rings is 1. The topological polar surface area (TPSA) is 74.3 Å². The van der Waals surface area contributed by atoms with Crippen molar-refractivity contribution in [1.82, 2.24) is 9.97 Å². The van der Waals surface area contributed by atoms with Crippen LogP contribution in [-0.4, -0.2) is 36.3 Å². The van der Waals surface area contributed by atoms with Gasteiger partial charge in [0.05, 0.1) is 19.4 Å². The van der Waals surface area contributed by atoms with Crippen LogP contribution in [0, 0.1) is 11.6 Å². The van der Waals surface area contributed by atoms with Gasteiger partial charge in [0.15, 0.2) is 11.6 Å². The van der Waals surface area contributed by atoms with Crippen molar-refractivity contribution in [2.75, 3.05) is 47.2 Å². The van der Waals surface area contributed by atoms with E-state index in [9.17, 15) is 8.78 Å². The van der Waals surface area contributed by atoms with Crippen molar-refractivity contribution in [3.63, 3.8) is 0 Å². The van der Waals surface area contributed by atoms with Gasteiger partial charge in [-0.2, -0.15) is 4.98 Å². The Morgan fingerprint density at radius 2 is 1.61 bits per heavy atom. The molecule has 1 aromatic heterocycles. The van der Waals surface area contributed by atoms with E-state index in [1.54, 1.807) is 6.07 Å². The zero-order chi connectivity index (χ0) is 24.7. The van der Waals surface area contributed by atoms with Crippen molar-refractivity contribution >= 4 is 34.5 Å². The maximum atomic E-state index is 14.5. The van der Waals surface area contributed by atoms with Crippen LogP contribution in [0.2, 0.25) is 0 Å². The van der Waals surface area contributed by atoms with Crippen molar-refractivity contribution in [3.05, 3.63) is 96.2 Å². The van der Waals surface area contributed by atoms with E-state index >= 15 is 0 Å². The minimum absolute atomic E-state index is 0.0553. The van der Waals surface area contributed by atoms with Gasteiger partial charge in [0.25, 0.3) is 0 Å². The number of hydrogen-bond donors (Lipinski definition) is 3. The molecule has 9 heteroatoms. The summed E-state index contributed by atoms with van der Waals surface area (Å²) in [5.41, 5.74) is 4.20. The molecule has 3 aromatic carbocycles. The lowest BCUT2D eigenvalue weighted by Gasteiger charge is -2.28. The molecule has 0 atom stereocenters. The quantitative estimate of drug-likeness (QED) is 0.294. The van der Waals surface area contributed by atoms with E-state index in [4.69, 9.17) is 4.74 Å². The number of anilines is 6. The van der Waals surface area contributed by atoms with Gasteiger partial charge in [-0.05, 0) is 60.2 Å². The average molecular weight is 489 g/mol. The lowest BCUT2D eigenvalue weighted by Crippen LogP contribution is -2.36. The van der Waals surface area contributed by atoms with Crippen LogP contribution in [0.5, 0.6) is 0 Å². The average Bonchev–Trinajstić information content (AvgIpc) is 2.91. The van der Waals surface area contributed by atoms with E-state index < -0.39 is 5.82 Å². The number of nitrogens with one attached hydrogen (secondary N) is 3. The first-order valence-electron chi connectivity index (χ1n) is 11.7. The number of hydrogen-bond acceptors (Lipinski definition) is 7. The van der Waals surface area contributed by atoms with Gasteiger partial charge in [0, 0.05) is 42.4 Å². The van der Waals surface area contributed by atoms with Crippen LogP contribution in [0.1, 0.15) is 5.56 Å². The second-order valence-corrected chi connectivity index (χ2v) is 8.35. The molecule has 1 saturated heterocycles. The Bertz CT molecular complexity index is 1310. The third-order valence-electron chi connectivity index (χ3n) is 5.75. The highest BCUT2D eigenvalue weighted by Gasteiger charge is 2.12. The summed E-state index contributed by atoms with van der Waals surface area (Å²) in [7, 11) is 0. The van der Waals surface area contributed by atoms with Crippen molar-refractivity contribution < 1.29 is 13.5 Å². The SMILES string of the molecule is Fc1cccc(CNc2cccc(Nc3nc(Nc4ccc(N5CCOCC5)cc4)ncc3F)c2)c1. The Balaban J connectivity index is 1.24. The largest absolute Gasteiger partial charge is 0.381 e. The molecule has 0 unspecified atom stereocenters. The van der Waals surface area contributed by atoms with Gasteiger partial charge in [-0.1, -0.05) is 18.2 Å². The first-order valence-corrected chi connectivity index (χ1v) is 11.7. The molecule has 2 heterocycles.